The standard InChI is InChI=1S/C15H12N2O4S/c18-12-7-6-10(8-11(12)14(20)21)16-15(22)17-13(19)9-4-2-1-3-5-9/h1-8,18H,(H,20,21)(H2,16,17,19,22)/p-1. The minimum absolute atomic E-state index is 0.00356. The summed E-state index contributed by atoms with van der Waals surface area (Å²) in [7, 11) is 0. The Labute approximate surface area is 131 Å². The first-order chi connectivity index (χ1) is 10.5. The zero-order valence-corrected chi connectivity index (χ0v) is 12.0. The third kappa shape index (κ3) is 3.80. The van der Waals surface area contributed by atoms with Gasteiger partial charge in [-0.2, -0.15) is 0 Å². The van der Waals surface area contributed by atoms with Crippen molar-refractivity contribution in [2.24, 2.45) is 0 Å². The largest absolute Gasteiger partial charge is 0.872 e. The van der Waals surface area contributed by atoms with Gasteiger partial charge in [0.25, 0.3) is 5.91 Å². The van der Waals surface area contributed by atoms with Gasteiger partial charge in [-0.25, -0.2) is 4.79 Å². The second-order valence-electron chi connectivity index (χ2n) is 4.29. The fraction of sp³-hybridized carbons (Fsp3) is 0. The Hall–Kier alpha value is -2.93. The number of amides is 1. The van der Waals surface area contributed by atoms with E-state index in [2.05, 4.69) is 10.6 Å². The molecule has 0 aromatic heterocycles. The molecule has 0 saturated carbocycles. The summed E-state index contributed by atoms with van der Waals surface area (Å²) in [6.45, 7) is 0. The van der Waals surface area contributed by atoms with Crippen molar-refractivity contribution in [3.8, 4) is 5.75 Å². The Morgan fingerprint density at radius 2 is 1.77 bits per heavy atom. The summed E-state index contributed by atoms with van der Waals surface area (Å²) in [6, 6.07) is 12.1. The molecule has 7 heteroatoms. The quantitative estimate of drug-likeness (QED) is 0.743. The van der Waals surface area contributed by atoms with E-state index in [1.807, 2.05) is 0 Å². The Morgan fingerprint density at radius 3 is 2.41 bits per heavy atom. The fourth-order valence-corrected chi connectivity index (χ4v) is 1.91. The molecule has 22 heavy (non-hydrogen) atoms. The summed E-state index contributed by atoms with van der Waals surface area (Å²) in [5.74, 6) is -2.32. The van der Waals surface area contributed by atoms with Crippen molar-refractivity contribution in [3.63, 3.8) is 0 Å². The molecule has 0 heterocycles. The summed E-state index contributed by atoms with van der Waals surface area (Å²) in [4.78, 5) is 22.8. The first kappa shape index (κ1) is 15.5. The second kappa shape index (κ2) is 6.68. The number of rotatable bonds is 3. The van der Waals surface area contributed by atoms with Gasteiger partial charge in [0.1, 0.15) is 0 Å². The van der Waals surface area contributed by atoms with Crippen molar-refractivity contribution < 1.29 is 19.8 Å². The van der Waals surface area contributed by atoms with Crippen LogP contribution in [-0.2, 0) is 0 Å². The molecule has 0 spiro atoms. The van der Waals surface area contributed by atoms with E-state index in [0.717, 1.165) is 12.1 Å². The van der Waals surface area contributed by atoms with E-state index < -0.39 is 17.6 Å². The maximum Gasteiger partial charge on any atom is 0.335 e. The minimum atomic E-state index is -1.33. The molecule has 2 rings (SSSR count). The summed E-state index contributed by atoms with van der Waals surface area (Å²) in [5, 5.41) is 25.4. The van der Waals surface area contributed by atoms with Crippen LogP contribution in [0.15, 0.2) is 48.5 Å². The van der Waals surface area contributed by atoms with Gasteiger partial charge in [-0.1, -0.05) is 30.0 Å². The summed E-state index contributed by atoms with van der Waals surface area (Å²) >= 11 is 4.99. The van der Waals surface area contributed by atoms with Crippen molar-refractivity contribution >= 4 is 34.9 Å². The highest BCUT2D eigenvalue weighted by Crippen LogP contribution is 2.19. The number of hydrogen-bond donors (Lipinski definition) is 3. The highest BCUT2D eigenvalue weighted by molar-refractivity contribution is 7.80. The smallest absolute Gasteiger partial charge is 0.335 e. The molecule has 0 bridgehead atoms. The molecule has 0 unspecified atom stereocenters. The molecule has 112 valence electrons. The second-order valence-corrected chi connectivity index (χ2v) is 4.70. The van der Waals surface area contributed by atoms with Gasteiger partial charge in [-0.15, -0.1) is 0 Å². The van der Waals surface area contributed by atoms with Gasteiger partial charge in [0, 0.05) is 11.3 Å². The molecule has 0 fully saturated rings. The topological polar surface area (TPSA) is 101 Å². The van der Waals surface area contributed by atoms with E-state index in [1.165, 1.54) is 6.07 Å². The zero-order chi connectivity index (χ0) is 16.1. The number of carbonyl (C=O) groups is 2. The van der Waals surface area contributed by atoms with Crippen molar-refractivity contribution in [1.29, 1.82) is 0 Å². The number of anilines is 1. The van der Waals surface area contributed by atoms with Crippen LogP contribution in [-0.4, -0.2) is 22.1 Å². The SMILES string of the molecule is O=C(NC(=S)Nc1ccc([O-])c(C(=O)O)c1)c1ccccc1. The number of carboxylic acids is 1. The number of carboxylic acid groups (broad SMARTS) is 1. The van der Waals surface area contributed by atoms with Gasteiger partial charge < -0.3 is 15.5 Å². The molecule has 0 radical (unpaired) electrons. The molecule has 2 aromatic rings. The molecule has 2 aromatic carbocycles. The van der Waals surface area contributed by atoms with Crippen molar-refractivity contribution in [1.82, 2.24) is 5.32 Å². The summed E-state index contributed by atoms with van der Waals surface area (Å²) in [6.07, 6.45) is 0. The van der Waals surface area contributed by atoms with Crippen molar-refractivity contribution in [2.75, 3.05) is 5.32 Å². The van der Waals surface area contributed by atoms with Crippen molar-refractivity contribution in [3.05, 3.63) is 59.7 Å². The molecule has 0 aliphatic carbocycles. The normalized spacial score (nSPS) is 9.82. The van der Waals surface area contributed by atoms with Gasteiger partial charge in [0.2, 0.25) is 0 Å². The van der Waals surface area contributed by atoms with Gasteiger partial charge >= 0.3 is 5.97 Å². The monoisotopic (exact) mass is 315 g/mol. The third-order valence-electron chi connectivity index (χ3n) is 2.73. The van der Waals surface area contributed by atoms with Crippen LogP contribution < -0.4 is 15.7 Å². The van der Waals surface area contributed by atoms with Crippen LogP contribution in [0.3, 0.4) is 0 Å². The first-order valence-corrected chi connectivity index (χ1v) is 6.60. The van der Waals surface area contributed by atoms with Crippen LogP contribution >= 0.6 is 12.2 Å². The average molecular weight is 315 g/mol. The summed E-state index contributed by atoms with van der Waals surface area (Å²) in [5.41, 5.74) is 0.366. The first-order valence-electron chi connectivity index (χ1n) is 6.19. The number of thiocarbonyl (C=S) groups is 1. The number of carbonyl (C=O) groups excluding carboxylic acids is 1. The predicted octanol–water partition coefficient (Wildman–Crippen LogP) is 1.59. The lowest BCUT2D eigenvalue weighted by Gasteiger charge is -2.14. The molecule has 0 atom stereocenters. The van der Waals surface area contributed by atoms with E-state index in [1.54, 1.807) is 30.3 Å². The Balaban J connectivity index is 2.05. The van der Waals surface area contributed by atoms with Gasteiger partial charge in [-0.3, -0.25) is 10.1 Å². The summed E-state index contributed by atoms with van der Waals surface area (Å²) < 4.78 is 0. The van der Waals surface area contributed by atoms with E-state index in [9.17, 15) is 14.7 Å². The molecule has 3 N–H and O–H groups in total. The van der Waals surface area contributed by atoms with Crippen molar-refractivity contribution in [2.45, 2.75) is 0 Å². The fourth-order valence-electron chi connectivity index (χ4n) is 1.70. The highest BCUT2D eigenvalue weighted by atomic mass is 32.1. The predicted molar refractivity (Wildman–Crippen MR) is 83.0 cm³/mol. The zero-order valence-electron chi connectivity index (χ0n) is 11.2. The van der Waals surface area contributed by atoms with E-state index in [-0.39, 0.29) is 10.7 Å². The number of hydrogen-bond acceptors (Lipinski definition) is 4. The Bertz CT molecular complexity index is 732. The lowest BCUT2D eigenvalue weighted by Crippen LogP contribution is -2.34. The third-order valence-corrected chi connectivity index (χ3v) is 2.94. The van der Waals surface area contributed by atoms with Crippen LogP contribution in [0.2, 0.25) is 0 Å². The van der Waals surface area contributed by atoms with Crippen LogP contribution in [0, 0.1) is 0 Å². The lowest BCUT2D eigenvalue weighted by molar-refractivity contribution is -0.268. The molecular weight excluding hydrogens is 304 g/mol. The number of aromatic carboxylic acids is 1. The van der Waals surface area contributed by atoms with E-state index >= 15 is 0 Å². The average Bonchev–Trinajstić information content (AvgIpc) is 2.49. The van der Waals surface area contributed by atoms with Gasteiger partial charge in [0.15, 0.2) is 5.11 Å². The van der Waals surface area contributed by atoms with Crippen LogP contribution in [0.5, 0.6) is 5.75 Å². The molecular formula is C15H11N2O4S-. The van der Waals surface area contributed by atoms with Gasteiger partial charge in [0.05, 0.1) is 5.56 Å². The lowest BCUT2D eigenvalue weighted by atomic mass is 10.2. The minimum Gasteiger partial charge on any atom is -0.872 e. The van der Waals surface area contributed by atoms with Crippen LogP contribution in [0.25, 0.3) is 0 Å². The van der Waals surface area contributed by atoms with Crippen LogP contribution in [0.1, 0.15) is 20.7 Å². The molecule has 6 nitrogen and oxygen atoms in total. The van der Waals surface area contributed by atoms with Crippen LogP contribution in [0.4, 0.5) is 5.69 Å². The van der Waals surface area contributed by atoms with E-state index in [4.69, 9.17) is 17.3 Å². The molecule has 0 aliphatic rings. The maximum absolute atomic E-state index is 11.9. The van der Waals surface area contributed by atoms with Gasteiger partial charge in [-0.05, 0) is 36.5 Å². The molecule has 0 aliphatic heterocycles. The maximum atomic E-state index is 11.9. The number of nitrogens with one attached hydrogen (secondary N) is 2. The Kier molecular flexibility index (Phi) is 4.70. The van der Waals surface area contributed by atoms with E-state index in [0.29, 0.717) is 11.3 Å². The molecule has 0 saturated heterocycles. The molecule has 1 amide bonds. The Morgan fingerprint density at radius 1 is 1.09 bits per heavy atom. The number of benzene rings is 2. The highest BCUT2D eigenvalue weighted by Gasteiger charge is 2.09.